The highest BCUT2D eigenvalue weighted by atomic mass is 16.5. The van der Waals surface area contributed by atoms with Crippen LogP contribution in [0.3, 0.4) is 0 Å². The minimum atomic E-state index is -0.962. The fourth-order valence-corrected chi connectivity index (χ4v) is 3.85. The number of rotatable bonds is 5. The zero-order valence-corrected chi connectivity index (χ0v) is 18.3. The number of amides is 1. The molecular formula is C26H18N4O5. The van der Waals surface area contributed by atoms with E-state index in [1.165, 1.54) is 18.3 Å². The molecule has 9 nitrogen and oxygen atoms in total. The molecule has 0 radical (unpaired) electrons. The summed E-state index contributed by atoms with van der Waals surface area (Å²) in [4.78, 5) is 32.9. The van der Waals surface area contributed by atoms with Crippen LogP contribution in [0.4, 0.5) is 5.82 Å². The lowest BCUT2D eigenvalue weighted by Crippen LogP contribution is -2.21. The number of hydrogen-bond acceptors (Lipinski definition) is 7. The molecule has 0 fully saturated rings. The molecule has 2 N–H and O–H groups in total. The number of para-hydroxylation sites is 2. The largest absolute Gasteiger partial charge is 0.493 e. The van der Waals surface area contributed by atoms with Gasteiger partial charge < -0.3 is 19.9 Å². The Morgan fingerprint density at radius 3 is 2.63 bits per heavy atom. The Hall–Kier alpha value is -4.97. The zero-order chi connectivity index (χ0) is 24.4. The van der Waals surface area contributed by atoms with Crippen LogP contribution >= 0.6 is 0 Å². The Labute approximate surface area is 199 Å². The molecule has 1 aliphatic heterocycles. The molecule has 1 atom stereocenters. The van der Waals surface area contributed by atoms with Crippen LogP contribution in [0, 0.1) is 11.3 Å². The van der Waals surface area contributed by atoms with E-state index in [0.717, 1.165) is 5.52 Å². The Balaban J connectivity index is 1.33. The van der Waals surface area contributed by atoms with Gasteiger partial charge in [0.05, 0.1) is 35.3 Å². The van der Waals surface area contributed by atoms with Crippen molar-refractivity contribution in [3.05, 3.63) is 83.6 Å². The Morgan fingerprint density at radius 1 is 1.11 bits per heavy atom. The lowest BCUT2D eigenvalue weighted by atomic mass is 9.91. The Bertz CT molecular complexity index is 1490. The topological polar surface area (TPSA) is 134 Å². The molecule has 35 heavy (non-hydrogen) atoms. The number of ether oxygens (including phenoxy) is 2. The van der Waals surface area contributed by atoms with Gasteiger partial charge >= 0.3 is 5.97 Å². The molecule has 0 saturated heterocycles. The molecular weight excluding hydrogens is 448 g/mol. The first-order valence-electron chi connectivity index (χ1n) is 10.8. The quantitative estimate of drug-likeness (QED) is 0.439. The van der Waals surface area contributed by atoms with Crippen molar-refractivity contribution < 1.29 is 24.2 Å². The second-order valence-corrected chi connectivity index (χ2v) is 7.85. The molecule has 172 valence electrons. The first kappa shape index (κ1) is 21.9. The summed E-state index contributed by atoms with van der Waals surface area (Å²) < 4.78 is 11.5. The summed E-state index contributed by atoms with van der Waals surface area (Å²) in [6, 6.07) is 18.8. The lowest BCUT2D eigenvalue weighted by Gasteiger charge is -2.24. The number of carboxylic acids is 1. The minimum Gasteiger partial charge on any atom is -0.493 e. The van der Waals surface area contributed by atoms with Gasteiger partial charge in [-0.25, -0.2) is 4.98 Å². The second-order valence-electron chi connectivity index (χ2n) is 7.85. The van der Waals surface area contributed by atoms with E-state index in [4.69, 9.17) is 9.47 Å². The average molecular weight is 466 g/mol. The number of aliphatic carboxylic acids is 1. The van der Waals surface area contributed by atoms with E-state index in [9.17, 15) is 20.0 Å². The zero-order valence-electron chi connectivity index (χ0n) is 18.3. The molecule has 1 unspecified atom stereocenters. The van der Waals surface area contributed by atoms with Gasteiger partial charge in [0.1, 0.15) is 23.3 Å². The second kappa shape index (κ2) is 9.11. The number of nitrogens with one attached hydrogen (secondary N) is 1. The van der Waals surface area contributed by atoms with Gasteiger partial charge in [0.2, 0.25) is 0 Å². The average Bonchev–Trinajstić information content (AvgIpc) is 2.88. The van der Waals surface area contributed by atoms with Gasteiger partial charge in [-0.1, -0.05) is 12.1 Å². The van der Waals surface area contributed by atoms with E-state index in [1.807, 2.05) is 30.3 Å². The summed E-state index contributed by atoms with van der Waals surface area (Å²) >= 11 is 0. The van der Waals surface area contributed by atoms with Crippen molar-refractivity contribution in [3.63, 3.8) is 0 Å². The molecule has 0 bridgehead atoms. The highest BCUT2D eigenvalue weighted by Gasteiger charge is 2.29. The Morgan fingerprint density at radius 2 is 1.89 bits per heavy atom. The van der Waals surface area contributed by atoms with E-state index in [-0.39, 0.29) is 23.8 Å². The van der Waals surface area contributed by atoms with Gasteiger partial charge in [0.25, 0.3) is 5.91 Å². The van der Waals surface area contributed by atoms with Crippen molar-refractivity contribution in [3.8, 4) is 23.3 Å². The number of carbonyl (C=O) groups is 2. The summed E-state index contributed by atoms with van der Waals surface area (Å²) in [7, 11) is 0. The van der Waals surface area contributed by atoms with Gasteiger partial charge in [0, 0.05) is 17.2 Å². The van der Waals surface area contributed by atoms with Gasteiger partial charge in [-0.05, 0) is 48.9 Å². The number of hydrogen-bond donors (Lipinski definition) is 2. The van der Waals surface area contributed by atoms with Crippen molar-refractivity contribution in [1.82, 2.24) is 9.97 Å². The SMILES string of the molecule is N#Cc1cc2c(cc1Oc1ccc(C(=O)Nc3cnc4ccccc4n3)cc1)OCCC2C(=O)O. The minimum absolute atomic E-state index is 0.192. The molecule has 3 aromatic carbocycles. The van der Waals surface area contributed by atoms with Crippen LogP contribution in [-0.4, -0.2) is 33.6 Å². The van der Waals surface area contributed by atoms with Crippen LogP contribution < -0.4 is 14.8 Å². The van der Waals surface area contributed by atoms with Crippen molar-refractivity contribution in [2.75, 3.05) is 11.9 Å². The molecule has 1 amide bonds. The van der Waals surface area contributed by atoms with Crippen LogP contribution in [0.15, 0.2) is 66.9 Å². The lowest BCUT2D eigenvalue weighted by molar-refractivity contribution is -0.139. The standard InChI is InChI=1S/C26H18N4O5/c27-13-16-11-19-18(26(32)33)9-10-34-23(19)12-22(16)35-17-7-5-15(6-8-17)25(31)30-24-14-28-20-3-1-2-4-21(20)29-24/h1-8,11-12,14,18H,9-10H2,(H,32,33)(H,29,30,31). The van der Waals surface area contributed by atoms with Crippen LogP contribution in [0.25, 0.3) is 11.0 Å². The number of benzene rings is 3. The monoisotopic (exact) mass is 466 g/mol. The molecule has 0 aliphatic carbocycles. The first-order valence-corrected chi connectivity index (χ1v) is 10.8. The number of nitrogens with zero attached hydrogens (tertiary/aromatic N) is 3. The van der Waals surface area contributed by atoms with Gasteiger partial charge in [-0.15, -0.1) is 0 Å². The highest BCUT2D eigenvalue weighted by molar-refractivity contribution is 6.04. The summed E-state index contributed by atoms with van der Waals surface area (Å²) in [6.07, 6.45) is 1.83. The normalized spacial score (nSPS) is 14.3. The van der Waals surface area contributed by atoms with Gasteiger partial charge in [-0.2, -0.15) is 5.26 Å². The molecule has 1 aromatic heterocycles. The number of carbonyl (C=O) groups excluding carboxylic acids is 1. The summed E-state index contributed by atoms with van der Waals surface area (Å²) in [5.74, 6) is -0.706. The molecule has 4 aromatic rings. The smallest absolute Gasteiger partial charge is 0.311 e. The third-order valence-electron chi connectivity index (χ3n) is 5.60. The fraction of sp³-hybridized carbons (Fsp3) is 0.115. The van der Waals surface area contributed by atoms with E-state index < -0.39 is 11.9 Å². The van der Waals surface area contributed by atoms with Crippen LogP contribution in [0.2, 0.25) is 0 Å². The predicted molar refractivity (Wildman–Crippen MR) is 126 cm³/mol. The maximum atomic E-state index is 12.6. The van der Waals surface area contributed by atoms with E-state index in [1.54, 1.807) is 24.3 Å². The first-order chi connectivity index (χ1) is 17.0. The number of fused-ring (bicyclic) bond motifs is 2. The number of aromatic nitrogens is 2. The number of carboxylic acid groups (broad SMARTS) is 1. The Kier molecular flexibility index (Phi) is 5.69. The molecule has 5 rings (SSSR count). The number of anilines is 1. The summed E-state index contributed by atoms with van der Waals surface area (Å²) in [6.45, 7) is 0.265. The van der Waals surface area contributed by atoms with Crippen LogP contribution in [0.5, 0.6) is 17.2 Å². The highest BCUT2D eigenvalue weighted by Crippen LogP contribution is 2.39. The third-order valence-corrected chi connectivity index (χ3v) is 5.60. The van der Waals surface area contributed by atoms with Crippen molar-refractivity contribution in [2.45, 2.75) is 12.3 Å². The van der Waals surface area contributed by atoms with Gasteiger partial charge in [0.15, 0.2) is 5.82 Å². The molecule has 2 heterocycles. The fourth-order valence-electron chi connectivity index (χ4n) is 3.85. The van der Waals surface area contributed by atoms with Crippen molar-refractivity contribution in [1.29, 1.82) is 5.26 Å². The predicted octanol–water partition coefficient (Wildman–Crippen LogP) is 4.50. The van der Waals surface area contributed by atoms with Crippen LogP contribution in [0.1, 0.15) is 33.8 Å². The third kappa shape index (κ3) is 4.45. The molecule has 1 aliphatic rings. The van der Waals surface area contributed by atoms with E-state index in [2.05, 4.69) is 15.3 Å². The maximum Gasteiger partial charge on any atom is 0.311 e. The summed E-state index contributed by atoms with van der Waals surface area (Å²) in [5, 5.41) is 21.7. The van der Waals surface area contributed by atoms with Crippen LogP contribution in [-0.2, 0) is 4.79 Å². The van der Waals surface area contributed by atoms with Crippen molar-refractivity contribution >= 4 is 28.7 Å². The van der Waals surface area contributed by atoms with Crippen molar-refractivity contribution in [2.24, 2.45) is 0 Å². The maximum absolute atomic E-state index is 12.6. The molecule has 0 saturated carbocycles. The summed E-state index contributed by atoms with van der Waals surface area (Å²) in [5.41, 5.74) is 2.43. The molecule has 9 heteroatoms. The van der Waals surface area contributed by atoms with E-state index >= 15 is 0 Å². The van der Waals surface area contributed by atoms with Gasteiger partial charge in [-0.3, -0.25) is 14.6 Å². The number of nitriles is 1. The molecule has 0 spiro atoms. The van der Waals surface area contributed by atoms with E-state index in [0.29, 0.717) is 40.4 Å².